The Morgan fingerprint density at radius 1 is 1.55 bits per heavy atom. The van der Waals surface area contributed by atoms with Crippen LogP contribution in [0.1, 0.15) is 31.9 Å². The van der Waals surface area contributed by atoms with Crippen molar-refractivity contribution < 1.29 is 10.0 Å². The van der Waals surface area contributed by atoms with Gasteiger partial charge in [0.2, 0.25) is 5.82 Å². The molecule has 0 spiro atoms. The van der Waals surface area contributed by atoms with Gasteiger partial charge in [-0.1, -0.05) is 6.92 Å². The van der Waals surface area contributed by atoms with Crippen molar-refractivity contribution in [3.05, 3.63) is 15.8 Å². The van der Waals surface area contributed by atoms with Gasteiger partial charge in [-0.2, -0.15) is 5.10 Å². The smallest absolute Gasteiger partial charge is 0.334 e. The van der Waals surface area contributed by atoms with E-state index in [1.807, 2.05) is 11.8 Å². The van der Waals surface area contributed by atoms with Crippen molar-refractivity contribution in [2.24, 2.45) is 13.0 Å². The minimum Gasteiger partial charge on any atom is -0.396 e. The molecule has 1 unspecified atom stereocenters. The molecule has 0 aromatic carbocycles. The molecule has 1 atom stereocenters. The van der Waals surface area contributed by atoms with Crippen molar-refractivity contribution in [3.8, 4) is 0 Å². The molecular weight excluding hydrogens is 260 g/mol. The van der Waals surface area contributed by atoms with Gasteiger partial charge in [-0.25, -0.2) is 4.68 Å². The fourth-order valence-corrected chi connectivity index (χ4v) is 3.01. The van der Waals surface area contributed by atoms with Crippen LogP contribution in [-0.4, -0.2) is 39.5 Å². The zero-order valence-corrected chi connectivity index (χ0v) is 12.1. The Bertz CT molecular complexity index is 484. The van der Waals surface area contributed by atoms with Gasteiger partial charge >= 0.3 is 5.69 Å². The summed E-state index contributed by atoms with van der Waals surface area (Å²) in [6, 6.07) is 0. The molecule has 0 saturated carbocycles. The molecule has 112 valence electrons. The summed E-state index contributed by atoms with van der Waals surface area (Å²) in [7, 11) is 1.76. The minimum absolute atomic E-state index is 0.139. The highest BCUT2D eigenvalue weighted by molar-refractivity contribution is 5.61. The van der Waals surface area contributed by atoms with Crippen molar-refractivity contribution in [2.45, 2.75) is 32.6 Å². The molecule has 1 aromatic rings. The van der Waals surface area contributed by atoms with Crippen LogP contribution >= 0.6 is 0 Å². The lowest BCUT2D eigenvalue weighted by atomic mass is 9.95. The number of aliphatic hydroxyl groups excluding tert-OH is 1. The predicted octanol–water partition coefficient (Wildman–Crippen LogP) is 1.49. The summed E-state index contributed by atoms with van der Waals surface area (Å²) in [6.07, 6.45) is 3.37. The Kier molecular flexibility index (Phi) is 4.59. The van der Waals surface area contributed by atoms with Crippen molar-refractivity contribution >= 4 is 11.5 Å². The van der Waals surface area contributed by atoms with Crippen LogP contribution in [0.25, 0.3) is 0 Å². The van der Waals surface area contributed by atoms with Crippen LogP contribution in [0, 0.1) is 16.0 Å². The quantitative estimate of drug-likeness (QED) is 0.653. The fourth-order valence-electron chi connectivity index (χ4n) is 3.01. The number of hydrogen-bond donors (Lipinski definition) is 1. The molecule has 20 heavy (non-hydrogen) atoms. The number of nitro groups is 1. The van der Waals surface area contributed by atoms with Crippen LogP contribution in [0.3, 0.4) is 0 Å². The molecule has 7 nitrogen and oxygen atoms in total. The van der Waals surface area contributed by atoms with Crippen molar-refractivity contribution in [1.29, 1.82) is 0 Å². The zero-order chi connectivity index (χ0) is 14.7. The summed E-state index contributed by atoms with van der Waals surface area (Å²) < 4.78 is 1.62. The highest BCUT2D eigenvalue weighted by atomic mass is 16.6. The van der Waals surface area contributed by atoms with Gasteiger partial charge in [0, 0.05) is 26.7 Å². The second kappa shape index (κ2) is 6.21. The topological polar surface area (TPSA) is 84.4 Å². The van der Waals surface area contributed by atoms with Crippen LogP contribution in [0.2, 0.25) is 0 Å². The van der Waals surface area contributed by atoms with E-state index < -0.39 is 0 Å². The fraction of sp³-hybridized carbons (Fsp3) is 0.769. The predicted molar refractivity (Wildman–Crippen MR) is 75.9 cm³/mol. The van der Waals surface area contributed by atoms with Gasteiger partial charge in [-0.05, 0) is 31.6 Å². The second-order valence-electron chi connectivity index (χ2n) is 5.32. The molecule has 7 heteroatoms. The molecule has 0 bridgehead atoms. The molecule has 0 amide bonds. The molecule has 1 N–H and O–H groups in total. The Morgan fingerprint density at radius 3 is 2.90 bits per heavy atom. The normalized spacial score (nSPS) is 19.4. The monoisotopic (exact) mass is 282 g/mol. The number of rotatable bonds is 5. The van der Waals surface area contributed by atoms with Gasteiger partial charge < -0.3 is 10.0 Å². The highest BCUT2D eigenvalue weighted by Gasteiger charge is 2.32. The molecule has 1 saturated heterocycles. The first-order valence-electron chi connectivity index (χ1n) is 7.14. The summed E-state index contributed by atoms with van der Waals surface area (Å²) in [4.78, 5) is 13.1. The Hall–Kier alpha value is -1.63. The number of aliphatic hydroxyl groups is 1. The van der Waals surface area contributed by atoms with Gasteiger partial charge in [-0.15, -0.1) is 0 Å². The lowest BCUT2D eigenvalue weighted by Gasteiger charge is -2.33. The van der Waals surface area contributed by atoms with Crippen LogP contribution in [0.15, 0.2) is 0 Å². The SMILES string of the molecule is CCc1nn(C)c(N2CCCC(CCO)C2)c1[N+](=O)[O-]. The largest absolute Gasteiger partial charge is 0.396 e. The summed E-state index contributed by atoms with van der Waals surface area (Å²) >= 11 is 0. The van der Waals surface area contributed by atoms with Crippen LogP contribution < -0.4 is 4.90 Å². The first-order valence-corrected chi connectivity index (χ1v) is 7.14. The van der Waals surface area contributed by atoms with E-state index >= 15 is 0 Å². The standard InChI is InChI=1S/C13H22N4O3/c1-3-11-12(17(19)20)13(15(2)14-11)16-7-4-5-10(9-16)6-8-18/h10,18H,3-9H2,1-2H3. The summed E-state index contributed by atoms with van der Waals surface area (Å²) in [5.74, 6) is 1.00. The zero-order valence-electron chi connectivity index (χ0n) is 12.1. The second-order valence-corrected chi connectivity index (χ2v) is 5.32. The van der Waals surface area contributed by atoms with E-state index in [1.54, 1.807) is 11.7 Å². The van der Waals surface area contributed by atoms with E-state index in [-0.39, 0.29) is 17.2 Å². The van der Waals surface area contributed by atoms with Gasteiger partial charge in [0.1, 0.15) is 5.69 Å². The first kappa shape index (κ1) is 14.8. The third-order valence-electron chi connectivity index (χ3n) is 3.94. The van der Waals surface area contributed by atoms with E-state index in [9.17, 15) is 10.1 Å². The Labute approximate surface area is 118 Å². The van der Waals surface area contributed by atoms with E-state index in [0.29, 0.717) is 23.9 Å². The number of aromatic nitrogens is 2. The maximum Gasteiger partial charge on any atom is 0.334 e. The molecule has 0 radical (unpaired) electrons. The molecule has 2 heterocycles. The summed E-state index contributed by atoms with van der Waals surface area (Å²) in [6.45, 7) is 3.62. The summed E-state index contributed by atoms with van der Waals surface area (Å²) in [5.41, 5.74) is 0.677. The number of nitrogens with zero attached hydrogens (tertiary/aromatic N) is 4. The van der Waals surface area contributed by atoms with E-state index in [0.717, 1.165) is 32.4 Å². The van der Waals surface area contributed by atoms with Gasteiger partial charge in [-0.3, -0.25) is 10.1 Å². The van der Waals surface area contributed by atoms with Gasteiger partial charge in [0.25, 0.3) is 0 Å². The molecule has 1 aliphatic heterocycles. The molecule has 2 rings (SSSR count). The van der Waals surface area contributed by atoms with E-state index in [2.05, 4.69) is 5.10 Å². The van der Waals surface area contributed by atoms with Crippen molar-refractivity contribution in [2.75, 3.05) is 24.6 Å². The third-order valence-corrected chi connectivity index (χ3v) is 3.94. The number of hydrogen-bond acceptors (Lipinski definition) is 5. The molecule has 1 fully saturated rings. The maximum absolute atomic E-state index is 11.4. The first-order chi connectivity index (χ1) is 9.58. The minimum atomic E-state index is -0.323. The average molecular weight is 282 g/mol. The van der Waals surface area contributed by atoms with Gasteiger partial charge in [0.05, 0.1) is 4.92 Å². The van der Waals surface area contributed by atoms with E-state index in [1.165, 1.54) is 0 Å². The average Bonchev–Trinajstić information content (AvgIpc) is 2.76. The number of piperidine rings is 1. The lowest BCUT2D eigenvalue weighted by molar-refractivity contribution is -0.384. The van der Waals surface area contributed by atoms with Crippen LogP contribution in [0.4, 0.5) is 11.5 Å². The Morgan fingerprint density at radius 2 is 2.30 bits per heavy atom. The maximum atomic E-state index is 11.4. The van der Waals surface area contributed by atoms with Gasteiger partial charge in [0.15, 0.2) is 0 Å². The third kappa shape index (κ3) is 2.77. The van der Waals surface area contributed by atoms with Crippen LogP contribution in [-0.2, 0) is 13.5 Å². The summed E-state index contributed by atoms with van der Waals surface area (Å²) in [5, 5.41) is 24.7. The lowest BCUT2D eigenvalue weighted by Crippen LogP contribution is -2.37. The van der Waals surface area contributed by atoms with E-state index in [4.69, 9.17) is 5.11 Å². The number of aryl methyl sites for hydroxylation is 2. The van der Waals surface area contributed by atoms with Crippen LogP contribution in [0.5, 0.6) is 0 Å². The van der Waals surface area contributed by atoms with Crippen molar-refractivity contribution in [3.63, 3.8) is 0 Å². The molecule has 1 aliphatic rings. The van der Waals surface area contributed by atoms with Crippen molar-refractivity contribution in [1.82, 2.24) is 9.78 Å². The number of anilines is 1. The molecule has 1 aromatic heterocycles. The molecule has 0 aliphatic carbocycles. The molecular formula is C13H22N4O3. The Balaban J connectivity index is 2.31. The highest BCUT2D eigenvalue weighted by Crippen LogP contribution is 2.34.